The molecule has 2 aromatic rings. The van der Waals surface area contributed by atoms with Crippen molar-refractivity contribution < 1.29 is 4.74 Å². The second-order valence-corrected chi connectivity index (χ2v) is 4.20. The Bertz CT molecular complexity index is 477. The quantitative estimate of drug-likeness (QED) is 0.816. The molecule has 18 heavy (non-hydrogen) atoms. The van der Waals surface area contributed by atoms with E-state index >= 15 is 0 Å². The zero-order chi connectivity index (χ0) is 12.8. The first-order chi connectivity index (χ1) is 8.79. The number of nitrogens with two attached hydrogens (primary N) is 1. The van der Waals surface area contributed by atoms with Crippen LogP contribution < -0.4 is 10.5 Å². The first-order valence-electron chi connectivity index (χ1n) is 6.24. The molecule has 1 aromatic heterocycles. The highest BCUT2D eigenvalue weighted by atomic mass is 16.5. The number of rotatable bonds is 5. The Hall–Kier alpha value is -2.03. The summed E-state index contributed by atoms with van der Waals surface area (Å²) in [5.74, 6) is 1.45. The van der Waals surface area contributed by atoms with E-state index in [1.165, 1.54) is 0 Å². The minimum atomic E-state index is 0.540. The first-order valence-corrected chi connectivity index (χ1v) is 6.24. The average molecular weight is 242 g/mol. The van der Waals surface area contributed by atoms with Gasteiger partial charge in [0.15, 0.2) is 0 Å². The van der Waals surface area contributed by atoms with E-state index in [0.29, 0.717) is 5.82 Å². The van der Waals surface area contributed by atoms with Gasteiger partial charge in [-0.05, 0) is 36.2 Å². The molecular formula is C15H18N2O. The summed E-state index contributed by atoms with van der Waals surface area (Å²) in [6, 6.07) is 11.8. The van der Waals surface area contributed by atoms with Gasteiger partial charge < -0.3 is 10.5 Å². The molecular weight excluding hydrogens is 224 g/mol. The van der Waals surface area contributed by atoms with Crippen LogP contribution in [0.2, 0.25) is 0 Å². The van der Waals surface area contributed by atoms with Crippen LogP contribution in [0.3, 0.4) is 0 Å². The number of pyridine rings is 1. The van der Waals surface area contributed by atoms with E-state index in [9.17, 15) is 0 Å². The second-order valence-electron chi connectivity index (χ2n) is 4.20. The van der Waals surface area contributed by atoms with Gasteiger partial charge in [0.05, 0.1) is 6.61 Å². The summed E-state index contributed by atoms with van der Waals surface area (Å²) < 4.78 is 5.62. The summed E-state index contributed by atoms with van der Waals surface area (Å²) in [5, 5.41) is 0. The van der Waals surface area contributed by atoms with Gasteiger partial charge in [-0.3, -0.25) is 0 Å². The van der Waals surface area contributed by atoms with E-state index in [2.05, 4.69) is 11.9 Å². The topological polar surface area (TPSA) is 48.1 Å². The van der Waals surface area contributed by atoms with Crippen LogP contribution >= 0.6 is 0 Å². The smallest absolute Gasteiger partial charge is 0.123 e. The Morgan fingerprint density at radius 1 is 1.06 bits per heavy atom. The number of unbranched alkanes of at least 4 members (excludes halogenated alkanes) is 1. The zero-order valence-corrected chi connectivity index (χ0v) is 10.6. The highest BCUT2D eigenvalue weighted by Gasteiger charge is 1.99. The van der Waals surface area contributed by atoms with Crippen LogP contribution in [-0.4, -0.2) is 11.6 Å². The Balaban J connectivity index is 2.05. The monoisotopic (exact) mass is 242 g/mol. The molecule has 0 spiro atoms. The number of anilines is 1. The predicted octanol–water partition coefficient (Wildman–Crippen LogP) is 3.51. The van der Waals surface area contributed by atoms with Gasteiger partial charge in [-0.2, -0.15) is 0 Å². The third kappa shape index (κ3) is 3.23. The molecule has 94 valence electrons. The van der Waals surface area contributed by atoms with Gasteiger partial charge in [0, 0.05) is 11.8 Å². The molecule has 0 unspecified atom stereocenters. The molecule has 0 fully saturated rings. The number of aromatic nitrogens is 1. The predicted molar refractivity (Wildman–Crippen MR) is 74.5 cm³/mol. The molecule has 1 heterocycles. The lowest BCUT2D eigenvalue weighted by Gasteiger charge is -2.06. The summed E-state index contributed by atoms with van der Waals surface area (Å²) in [6.07, 6.45) is 4.01. The molecule has 0 aliphatic carbocycles. The number of nitrogen functional groups attached to an aromatic ring is 1. The lowest BCUT2D eigenvalue weighted by molar-refractivity contribution is 0.309. The highest BCUT2D eigenvalue weighted by molar-refractivity contribution is 5.64. The Labute approximate surface area is 108 Å². The summed E-state index contributed by atoms with van der Waals surface area (Å²) in [7, 11) is 0. The maximum atomic E-state index is 5.62. The number of nitrogens with zero attached hydrogens (tertiary/aromatic N) is 1. The van der Waals surface area contributed by atoms with Crippen LogP contribution in [0.15, 0.2) is 42.6 Å². The number of hydrogen-bond acceptors (Lipinski definition) is 3. The van der Waals surface area contributed by atoms with Gasteiger partial charge in [-0.1, -0.05) is 25.5 Å². The largest absolute Gasteiger partial charge is 0.494 e. The van der Waals surface area contributed by atoms with E-state index in [1.807, 2.05) is 30.3 Å². The van der Waals surface area contributed by atoms with Crippen LogP contribution in [0.4, 0.5) is 5.82 Å². The first kappa shape index (κ1) is 12.4. The van der Waals surface area contributed by atoms with Crippen LogP contribution in [0.1, 0.15) is 19.8 Å². The Kier molecular flexibility index (Phi) is 4.18. The molecule has 2 rings (SSSR count). The Morgan fingerprint density at radius 3 is 2.39 bits per heavy atom. The van der Waals surface area contributed by atoms with Gasteiger partial charge in [0.1, 0.15) is 11.6 Å². The molecule has 0 amide bonds. The van der Waals surface area contributed by atoms with Crippen molar-refractivity contribution in [1.82, 2.24) is 4.98 Å². The highest BCUT2D eigenvalue weighted by Crippen LogP contribution is 2.22. The molecule has 0 atom stereocenters. The van der Waals surface area contributed by atoms with Crippen molar-refractivity contribution in [2.75, 3.05) is 12.3 Å². The molecule has 0 radical (unpaired) electrons. The Morgan fingerprint density at radius 2 is 1.78 bits per heavy atom. The van der Waals surface area contributed by atoms with Crippen molar-refractivity contribution in [1.29, 1.82) is 0 Å². The minimum Gasteiger partial charge on any atom is -0.494 e. The van der Waals surface area contributed by atoms with E-state index in [0.717, 1.165) is 36.3 Å². The summed E-state index contributed by atoms with van der Waals surface area (Å²) >= 11 is 0. The van der Waals surface area contributed by atoms with E-state index in [1.54, 1.807) is 12.3 Å². The molecule has 3 nitrogen and oxygen atoms in total. The number of benzene rings is 1. The van der Waals surface area contributed by atoms with Crippen LogP contribution in [0, 0.1) is 0 Å². The van der Waals surface area contributed by atoms with Crippen LogP contribution in [-0.2, 0) is 0 Å². The summed E-state index contributed by atoms with van der Waals surface area (Å²) in [5.41, 5.74) is 7.74. The average Bonchev–Trinajstić information content (AvgIpc) is 2.41. The van der Waals surface area contributed by atoms with Crippen molar-refractivity contribution >= 4 is 5.82 Å². The van der Waals surface area contributed by atoms with Crippen molar-refractivity contribution in [3.05, 3.63) is 42.6 Å². The normalized spacial score (nSPS) is 10.3. The van der Waals surface area contributed by atoms with Crippen molar-refractivity contribution in [3.63, 3.8) is 0 Å². The maximum Gasteiger partial charge on any atom is 0.123 e. The fourth-order valence-corrected chi connectivity index (χ4v) is 1.65. The standard InChI is InChI=1S/C15H18N2O/c1-2-3-10-18-14-7-4-12(5-8-14)13-6-9-15(16)17-11-13/h4-9,11H,2-3,10H2,1H3,(H2,16,17). The molecule has 0 aliphatic heterocycles. The van der Waals surface area contributed by atoms with Crippen LogP contribution in [0.25, 0.3) is 11.1 Å². The van der Waals surface area contributed by atoms with Crippen molar-refractivity contribution in [2.24, 2.45) is 0 Å². The lowest BCUT2D eigenvalue weighted by Crippen LogP contribution is -1.96. The van der Waals surface area contributed by atoms with Crippen molar-refractivity contribution in [2.45, 2.75) is 19.8 Å². The number of hydrogen-bond donors (Lipinski definition) is 1. The van der Waals surface area contributed by atoms with Gasteiger partial charge in [0.25, 0.3) is 0 Å². The van der Waals surface area contributed by atoms with Gasteiger partial charge in [0.2, 0.25) is 0 Å². The second kappa shape index (κ2) is 6.05. The van der Waals surface area contributed by atoms with Crippen LogP contribution in [0.5, 0.6) is 5.75 Å². The molecule has 0 saturated heterocycles. The third-order valence-corrected chi connectivity index (χ3v) is 2.74. The van der Waals surface area contributed by atoms with Gasteiger partial charge in [-0.15, -0.1) is 0 Å². The minimum absolute atomic E-state index is 0.540. The summed E-state index contributed by atoms with van der Waals surface area (Å²) in [4.78, 5) is 4.09. The molecule has 0 bridgehead atoms. The zero-order valence-electron chi connectivity index (χ0n) is 10.6. The number of ether oxygens (including phenoxy) is 1. The summed E-state index contributed by atoms with van der Waals surface area (Å²) in [6.45, 7) is 2.93. The van der Waals surface area contributed by atoms with Crippen molar-refractivity contribution in [3.8, 4) is 16.9 Å². The SMILES string of the molecule is CCCCOc1ccc(-c2ccc(N)nc2)cc1. The lowest BCUT2D eigenvalue weighted by atomic mass is 10.1. The fraction of sp³-hybridized carbons (Fsp3) is 0.267. The van der Waals surface area contributed by atoms with Gasteiger partial charge >= 0.3 is 0 Å². The molecule has 2 N–H and O–H groups in total. The third-order valence-electron chi connectivity index (χ3n) is 2.74. The molecule has 0 saturated carbocycles. The molecule has 0 aliphatic rings. The van der Waals surface area contributed by atoms with E-state index in [-0.39, 0.29) is 0 Å². The van der Waals surface area contributed by atoms with E-state index < -0.39 is 0 Å². The van der Waals surface area contributed by atoms with E-state index in [4.69, 9.17) is 10.5 Å². The maximum absolute atomic E-state index is 5.62. The fourth-order valence-electron chi connectivity index (χ4n) is 1.65. The molecule has 1 aromatic carbocycles. The molecule has 3 heteroatoms. The van der Waals surface area contributed by atoms with Gasteiger partial charge in [-0.25, -0.2) is 4.98 Å².